The van der Waals surface area contributed by atoms with E-state index >= 15 is 0 Å². The van der Waals surface area contributed by atoms with E-state index in [-0.39, 0.29) is 6.61 Å². The Morgan fingerprint density at radius 2 is 1.71 bits per heavy atom. The second-order valence-electron chi connectivity index (χ2n) is 5.88. The maximum atomic E-state index is 13.1. The molecule has 0 radical (unpaired) electrons. The van der Waals surface area contributed by atoms with Crippen molar-refractivity contribution in [3.8, 4) is 5.75 Å². The maximum Gasteiger partial charge on any atom is 0.126 e. The number of ether oxygens (including phenoxy) is 1. The molecule has 0 aliphatic rings. The smallest absolute Gasteiger partial charge is 0.126 e. The molecule has 130 valence electrons. The zero-order valence-corrected chi connectivity index (χ0v) is 13.8. The molecule has 2 N–H and O–H groups in total. The Balaban J connectivity index is 1.83. The number of aliphatic hydroxyl groups is 1. The van der Waals surface area contributed by atoms with Crippen molar-refractivity contribution in [2.24, 2.45) is 0 Å². The fourth-order valence-corrected chi connectivity index (χ4v) is 2.25. The van der Waals surface area contributed by atoms with Crippen LogP contribution in [0.2, 0.25) is 0 Å². The molecule has 2 rings (SSSR count). The summed E-state index contributed by atoms with van der Waals surface area (Å²) >= 11 is 0. The number of anilines is 1. The van der Waals surface area contributed by atoms with E-state index in [0.717, 1.165) is 11.8 Å². The third-order valence-electron chi connectivity index (χ3n) is 3.29. The molecule has 0 fully saturated rings. The molecule has 1 atom stereocenters. The summed E-state index contributed by atoms with van der Waals surface area (Å²) < 4.78 is 31.8. The number of hydrogen-bond acceptors (Lipinski definition) is 4. The summed E-state index contributed by atoms with van der Waals surface area (Å²) in [6.45, 7) is 1.06. The molecular formula is C18H22F2N2O2. The molecule has 0 spiro atoms. The van der Waals surface area contributed by atoms with E-state index in [9.17, 15) is 13.9 Å². The fraction of sp³-hybridized carbons (Fsp3) is 0.333. The molecule has 2 aromatic rings. The molecule has 1 unspecified atom stereocenters. The summed E-state index contributed by atoms with van der Waals surface area (Å²) in [7, 11) is 3.77. The van der Waals surface area contributed by atoms with Crippen molar-refractivity contribution in [1.82, 2.24) is 4.90 Å². The van der Waals surface area contributed by atoms with Crippen molar-refractivity contribution < 1.29 is 18.6 Å². The second-order valence-corrected chi connectivity index (χ2v) is 5.88. The minimum atomic E-state index is -0.591. The van der Waals surface area contributed by atoms with E-state index in [4.69, 9.17) is 4.74 Å². The van der Waals surface area contributed by atoms with Crippen LogP contribution in [0.25, 0.3) is 0 Å². The Labute approximate surface area is 140 Å². The lowest BCUT2D eigenvalue weighted by Gasteiger charge is -2.16. The molecule has 0 aromatic heterocycles. The van der Waals surface area contributed by atoms with Gasteiger partial charge in [0.2, 0.25) is 0 Å². The molecule has 2 aromatic carbocycles. The van der Waals surface area contributed by atoms with Crippen LogP contribution in [0, 0.1) is 11.6 Å². The molecule has 0 aliphatic carbocycles. The molecule has 0 amide bonds. The van der Waals surface area contributed by atoms with Crippen LogP contribution in [0.3, 0.4) is 0 Å². The van der Waals surface area contributed by atoms with Crippen molar-refractivity contribution in [2.75, 3.05) is 32.6 Å². The average molecular weight is 336 g/mol. The van der Waals surface area contributed by atoms with E-state index in [2.05, 4.69) is 5.32 Å². The SMILES string of the molecule is CN(C)CC(O)COc1ccc(NCc2cc(F)cc(F)c2)cc1. The zero-order chi connectivity index (χ0) is 17.5. The van der Waals surface area contributed by atoms with E-state index in [1.54, 1.807) is 12.1 Å². The van der Waals surface area contributed by atoms with Gasteiger partial charge in [0, 0.05) is 24.8 Å². The quantitative estimate of drug-likeness (QED) is 0.778. The highest BCUT2D eigenvalue weighted by atomic mass is 19.1. The van der Waals surface area contributed by atoms with Gasteiger partial charge in [-0.1, -0.05) is 0 Å². The van der Waals surface area contributed by atoms with Gasteiger partial charge in [-0.2, -0.15) is 0 Å². The number of nitrogens with zero attached hydrogens (tertiary/aromatic N) is 1. The fourth-order valence-electron chi connectivity index (χ4n) is 2.25. The molecule has 0 bridgehead atoms. The Hall–Kier alpha value is -2.18. The number of likely N-dealkylation sites (N-methyl/N-ethyl adjacent to an activating group) is 1. The lowest BCUT2D eigenvalue weighted by atomic mass is 10.2. The van der Waals surface area contributed by atoms with Crippen molar-refractivity contribution in [3.63, 3.8) is 0 Å². The minimum absolute atomic E-state index is 0.216. The number of benzene rings is 2. The van der Waals surface area contributed by atoms with Crippen molar-refractivity contribution >= 4 is 5.69 Å². The van der Waals surface area contributed by atoms with Crippen LogP contribution in [0.4, 0.5) is 14.5 Å². The Morgan fingerprint density at radius 1 is 1.08 bits per heavy atom. The number of rotatable bonds is 8. The number of halogens is 2. The van der Waals surface area contributed by atoms with Gasteiger partial charge in [0.25, 0.3) is 0 Å². The Bertz CT molecular complexity index is 628. The first-order valence-corrected chi connectivity index (χ1v) is 7.67. The van der Waals surface area contributed by atoms with Gasteiger partial charge in [-0.15, -0.1) is 0 Å². The number of hydrogen-bond donors (Lipinski definition) is 2. The highest BCUT2D eigenvalue weighted by Gasteiger charge is 2.06. The van der Waals surface area contributed by atoms with Gasteiger partial charge < -0.3 is 20.1 Å². The van der Waals surface area contributed by atoms with Crippen LogP contribution in [-0.4, -0.2) is 43.4 Å². The topological polar surface area (TPSA) is 44.7 Å². The van der Waals surface area contributed by atoms with Crippen LogP contribution in [0.1, 0.15) is 5.56 Å². The monoisotopic (exact) mass is 336 g/mol. The highest BCUT2D eigenvalue weighted by Crippen LogP contribution is 2.17. The van der Waals surface area contributed by atoms with Crippen LogP contribution in [0.15, 0.2) is 42.5 Å². The summed E-state index contributed by atoms with van der Waals surface area (Å²) in [5.74, 6) is -0.534. The predicted octanol–water partition coefficient (Wildman–Crippen LogP) is 2.88. The lowest BCUT2D eigenvalue weighted by molar-refractivity contribution is 0.0831. The third-order valence-corrected chi connectivity index (χ3v) is 3.29. The number of nitrogens with one attached hydrogen (secondary N) is 1. The molecule has 4 nitrogen and oxygen atoms in total. The molecule has 6 heteroatoms. The molecular weight excluding hydrogens is 314 g/mol. The summed E-state index contributed by atoms with van der Waals surface area (Å²) in [6, 6.07) is 10.6. The van der Waals surface area contributed by atoms with Crippen LogP contribution < -0.4 is 10.1 Å². The van der Waals surface area contributed by atoms with Gasteiger partial charge in [-0.3, -0.25) is 0 Å². The first-order chi connectivity index (χ1) is 11.4. The Morgan fingerprint density at radius 3 is 2.29 bits per heavy atom. The maximum absolute atomic E-state index is 13.1. The van der Waals surface area contributed by atoms with Crippen molar-refractivity contribution in [2.45, 2.75) is 12.6 Å². The summed E-state index contributed by atoms with van der Waals surface area (Å²) in [6.07, 6.45) is -0.555. The van der Waals surface area contributed by atoms with E-state index in [0.29, 0.717) is 24.4 Å². The third kappa shape index (κ3) is 6.14. The summed E-state index contributed by atoms with van der Waals surface area (Å²) in [5.41, 5.74) is 1.33. The van der Waals surface area contributed by atoms with E-state index < -0.39 is 17.7 Å². The minimum Gasteiger partial charge on any atom is -0.491 e. The summed E-state index contributed by atoms with van der Waals surface area (Å²) in [5, 5.41) is 12.8. The van der Waals surface area contributed by atoms with E-state index in [1.165, 1.54) is 12.1 Å². The van der Waals surface area contributed by atoms with Crippen molar-refractivity contribution in [3.05, 3.63) is 59.7 Å². The first-order valence-electron chi connectivity index (χ1n) is 7.67. The van der Waals surface area contributed by atoms with Gasteiger partial charge >= 0.3 is 0 Å². The first kappa shape index (κ1) is 18.2. The largest absolute Gasteiger partial charge is 0.491 e. The van der Waals surface area contributed by atoms with Gasteiger partial charge in [0.05, 0.1) is 0 Å². The normalized spacial score (nSPS) is 12.2. The van der Waals surface area contributed by atoms with Crippen molar-refractivity contribution in [1.29, 1.82) is 0 Å². The average Bonchev–Trinajstić information content (AvgIpc) is 2.50. The summed E-state index contributed by atoms with van der Waals surface area (Å²) in [4.78, 5) is 1.89. The van der Waals surface area contributed by atoms with Gasteiger partial charge in [0.1, 0.15) is 30.1 Å². The molecule has 0 aliphatic heterocycles. The molecule has 0 heterocycles. The second kappa shape index (κ2) is 8.61. The molecule has 24 heavy (non-hydrogen) atoms. The zero-order valence-electron chi connectivity index (χ0n) is 13.8. The highest BCUT2D eigenvalue weighted by molar-refractivity contribution is 5.46. The Kier molecular flexibility index (Phi) is 6.52. The van der Waals surface area contributed by atoms with Crippen LogP contribution in [-0.2, 0) is 6.54 Å². The van der Waals surface area contributed by atoms with Crippen LogP contribution in [0.5, 0.6) is 5.75 Å². The standard InChI is InChI=1S/C18H22F2N2O2/c1-22(2)11-17(23)12-24-18-5-3-16(4-6-18)21-10-13-7-14(19)9-15(20)8-13/h3-9,17,21,23H,10-12H2,1-2H3. The van der Waals surface area contributed by atoms with Gasteiger partial charge in [-0.05, 0) is 56.1 Å². The molecule has 0 saturated carbocycles. The predicted molar refractivity (Wildman–Crippen MR) is 90.2 cm³/mol. The van der Waals surface area contributed by atoms with Gasteiger partial charge in [-0.25, -0.2) is 8.78 Å². The lowest BCUT2D eigenvalue weighted by Crippen LogP contribution is -2.30. The van der Waals surface area contributed by atoms with E-state index in [1.807, 2.05) is 31.1 Å². The molecule has 0 saturated heterocycles. The van der Waals surface area contributed by atoms with Gasteiger partial charge in [0.15, 0.2) is 0 Å². The van der Waals surface area contributed by atoms with Crippen LogP contribution >= 0.6 is 0 Å². The number of aliphatic hydroxyl groups excluding tert-OH is 1.